The molecule has 1 aromatic carbocycles. The molecule has 1 aliphatic rings. The van der Waals surface area contributed by atoms with Crippen molar-refractivity contribution in [3.8, 4) is 0 Å². The molecule has 4 nitrogen and oxygen atoms in total. The van der Waals surface area contributed by atoms with Crippen LogP contribution >= 0.6 is 0 Å². The number of hydrogen-bond acceptors (Lipinski definition) is 3. The van der Waals surface area contributed by atoms with Crippen LogP contribution < -0.4 is 4.90 Å². The SMILES string of the molecule is O=Cc1cc(C(=O)O)cc(N2CCCC2)c1. The Morgan fingerprint density at radius 2 is 1.94 bits per heavy atom. The van der Waals surface area contributed by atoms with Crippen LogP contribution in [0, 0.1) is 0 Å². The number of anilines is 1. The molecule has 84 valence electrons. The lowest BCUT2D eigenvalue weighted by molar-refractivity contribution is 0.0697. The molecule has 0 aromatic heterocycles. The van der Waals surface area contributed by atoms with Crippen molar-refractivity contribution in [3.05, 3.63) is 29.3 Å². The van der Waals surface area contributed by atoms with Gasteiger partial charge < -0.3 is 10.0 Å². The Hall–Kier alpha value is -1.84. The lowest BCUT2D eigenvalue weighted by Crippen LogP contribution is -2.18. The second-order valence-electron chi connectivity index (χ2n) is 3.93. The molecule has 0 atom stereocenters. The molecule has 1 aliphatic heterocycles. The third-order valence-corrected chi connectivity index (χ3v) is 2.79. The molecule has 1 heterocycles. The average Bonchev–Trinajstić information content (AvgIpc) is 2.81. The zero-order valence-electron chi connectivity index (χ0n) is 8.85. The first-order valence-corrected chi connectivity index (χ1v) is 5.29. The lowest BCUT2D eigenvalue weighted by Gasteiger charge is -2.18. The molecule has 0 radical (unpaired) electrons. The fraction of sp³-hybridized carbons (Fsp3) is 0.333. The Morgan fingerprint density at radius 3 is 2.50 bits per heavy atom. The number of nitrogens with zero attached hydrogens (tertiary/aromatic N) is 1. The van der Waals surface area contributed by atoms with E-state index in [1.54, 1.807) is 12.1 Å². The maximum Gasteiger partial charge on any atom is 0.335 e. The van der Waals surface area contributed by atoms with Gasteiger partial charge in [-0.05, 0) is 31.0 Å². The van der Waals surface area contributed by atoms with Gasteiger partial charge in [0, 0.05) is 24.3 Å². The van der Waals surface area contributed by atoms with Gasteiger partial charge in [0.25, 0.3) is 0 Å². The fourth-order valence-corrected chi connectivity index (χ4v) is 1.98. The largest absolute Gasteiger partial charge is 0.478 e. The van der Waals surface area contributed by atoms with Gasteiger partial charge in [-0.15, -0.1) is 0 Å². The summed E-state index contributed by atoms with van der Waals surface area (Å²) >= 11 is 0. The van der Waals surface area contributed by atoms with E-state index >= 15 is 0 Å². The van der Waals surface area contributed by atoms with Crippen molar-refractivity contribution >= 4 is 17.9 Å². The lowest BCUT2D eigenvalue weighted by atomic mass is 10.1. The number of aldehydes is 1. The summed E-state index contributed by atoms with van der Waals surface area (Å²) in [7, 11) is 0. The summed E-state index contributed by atoms with van der Waals surface area (Å²) in [6.07, 6.45) is 2.92. The quantitative estimate of drug-likeness (QED) is 0.787. The first-order chi connectivity index (χ1) is 7.70. The van der Waals surface area contributed by atoms with Crippen molar-refractivity contribution in [2.24, 2.45) is 0 Å². The highest BCUT2D eigenvalue weighted by Crippen LogP contribution is 2.22. The first kappa shape index (κ1) is 10.7. The third-order valence-electron chi connectivity index (χ3n) is 2.79. The fourth-order valence-electron chi connectivity index (χ4n) is 1.98. The van der Waals surface area contributed by atoms with E-state index in [1.807, 2.05) is 0 Å². The Bertz CT molecular complexity index is 422. The molecule has 0 aliphatic carbocycles. The van der Waals surface area contributed by atoms with Crippen molar-refractivity contribution in [3.63, 3.8) is 0 Å². The topological polar surface area (TPSA) is 57.6 Å². The molecular formula is C12H13NO3. The Morgan fingerprint density at radius 1 is 1.25 bits per heavy atom. The Labute approximate surface area is 93.5 Å². The number of carboxylic acids is 1. The van der Waals surface area contributed by atoms with Crippen molar-refractivity contribution in [2.45, 2.75) is 12.8 Å². The molecular weight excluding hydrogens is 206 g/mol. The van der Waals surface area contributed by atoms with E-state index in [4.69, 9.17) is 5.11 Å². The first-order valence-electron chi connectivity index (χ1n) is 5.29. The minimum absolute atomic E-state index is 0.173. The number of rotatable bonds is 3. The molecule has 1 aromatic rings. The van der Waals surface area contributed by atoms with Gasteiger partial charge in [-0.1, -0.05) is 0 Å². The van der Waals surface area contributed by atoms with Crippen LogP contribution in [0.5, 0.6) is 0 Å². The molecule has 1 saturated heterocycles. The van der Waals surface area contributed by atoms with Gasteiger partial charge in [-0.2, -0.15) is 0 Å². The van der Waals surface area contributed by atoms with Crippen LogP contribution in [-0.2, 0) is 0 Å². The van der Waals surface area contributed by atoms with Gasteiger partial charge in [0.2, 0.25) is 0 Å². The monoisotopic (exact) mass is 219 g/mol. The molecule has 4 heteroatoms. The smallest absolute Gasteiger partial charge is 0.335 e. The van der Waals surface area contributed by atoms with Crippen LogP contribution in [0.25, 0.3) is 0 Å². The van der Waals surface area contributed by atoms with Crippen molar-refractivity contribution < 1.29 is 14.7 Å². The number of carboxylic acid groups (broad SMARTS) is 1. The van der Waals surface area contributed by atoms with Crippen LogP contribution in [0.4, 0.5) is 5.69 Å². The molecule has 1 fully saturated rings. The van der Waals surface area contributed by atoms with Gasteiger partial charge in [0.1, 0.15) is 6.29 Å². The Balaban J connectivity index is 2.39. The number of benzene rings is 1. The maximum absolute atomic E-state index is 10.9. The second kappa shape index (κ2) is 4.35. The van der Waals surface area contributed by atoms with E-state index in [0.29, 0.717) is 11.8 Å². The van der Waals surface area contributed by atoms with Crippen LogP contribution in [0.3, 0.4) is 0 Å². The van der Waals surface area contributed by atoms with Crippen LogP contribution in [0.15, 0.2) is 18.2 Å². The summed E-state index contributed by atoms with van der Waals surface area (Å²) in [6, 6.07) is 4.76. The minimum atomic E-state index is -0.996. The summed E-state index contributed by atoms with van der Waals surface area (Å²) in [5.74, 6) is -0.996. The van der Waals surface area contributed by atoms with E-state index < -0.39 is 5.97 Å². The highest BCUT2D eigenvalue weighted by Gasteiger charge is 2.15. The van der Waals surface area contributed by atoms with Crippen LogP contribution in [0.1, 0.15) is 33.6 Å². The summed E-state index contributed by atoms with van der Waals surface area (Å²) in [5, 5.41) is 8.94. The molecule has 2 rings (SSSR count). The summed E-state index contributed by atoms with van der Waals surface area (Å²) < 4.78 is 0. The zero-order valence-corrected chi connectivity index (χ0v) is 8.85. The van der Waals surface area contributed by atoms with E-state index in [-0.39, 0.29) is 5.56 Å². The van der Waals surface area contributed by atoms with Gasteiger partial charge in [-0.3, -0.25) is 4.79 Å². The summed E-state index contributed by atoms with van der Waals surface area (Å²) in [4.78, 5) is 23.7. The predicted molar refractivity (Wildman–Crippen MR) is 60.2 cm³/mol. The molecule has 0 bridgehead atoms. The summed E-state index contributed by atoms with van der Waals surface area (Å²) in [5.41, 5.74) is 1.42. The van der Waals surface area contributed by atoms with Gasteiger partial charge in [-0.25, -0.2) is 4.79 Å². The van der Waals surface area contributed by atoms with Crippen molar-refractivity contribution in [2.75, 3.05) is 18.0 Å². The molecule has 16 heavy (non-hydrogen) atoms. The number of carbonyl (C=O) groups is 2. The normalized spacial score (nSPS) is 15.1. The summed E-state index contributed by atoms with van der Waals surface area (Å²) in [6.45, 7) is 1.86. The standard InChI is InChI=1S/C12H13NO3/c14-8-9-5-10(12(15)16)7-11(6-9)13-3-1-2-4-13/h5-8H,1-4H2,(H,15,16). The third kappa shape index (κ3) is 2.05. The zero-order chi connectivity index (χ0) is 11.5. The van der Waals surface area contributed by atoms with Gasteiger partial charge >= 0.3 is 5.97 Å². The van der Waals surface area contributed by atoms with E-state index in [9.17, 15) is 9.59 Å². The highest BCUT2D eigenvalue weighted by molar-refractivity contribution is 5.92. The van der Waals surface area contributed by atoms with E-state index in [1.165, 1.54) is 6.07 Å². The van der Waals surface area contributed by atoms with Gasteiger partial charge in [0.05, 0.1) is 5.56 Å². The van der Waals surface area contributed by atoms with E-state index in [2.05, 4.69) is 4.90 Å². The highest BCUT2D eigenvalue weighted by atomic mass is 16.4. The maximum atomic E-state index is 10.9. The molecule has 1 N–H and O–H groups in total. The minimum Gasteiger partial charge on any atom is -0.478 e. The number of hydrogen-bond donors (Lipinski definition) is 1. The molecule has 0 unspecified atom stereocenters. The number of carbonyl (C=O) groups excluding carboxylic acids is 1. The van der Waals surface area contributed by atoms with Gasteiger partial charge in [0.15, 0.2) is 0 Å². The van der Waals surface area contributed by atoms with E-state index in [0.717, 1.165) is 31.6 Å². The van der Waals surface area contributed by atoms with Crippen molar-refractivity contribution in [1.29, 1.82) is 0 Å². The predicted octanol–water partition coefficient (Wildman–Crippen LogP) is 1.80. The second-order valence-corrected chi connectivity index (χ2v) is 3.93. The molecule has 0 saturated carbocycles. The molecule has 0 spiro atoms. The number of aromatic carboxylic acids is 1. The van der Waals surface area contributed by atoms with Crippen LogP contribution in [-0.4, -0.2) is 30.5 Å². The Kier molecular flexibility index (Phi) is 2.90. The average molecular weight is 219 g/mol. The van der Waals surface area contributed by atoms with Crippen LogP contribution in [0.2, 0.25) is 0 Å². The molecule has 0 amide bonds. The van der Waals surface area contributed by atoms with Crippen molar-refractivity contribution in [1.82, 2.24) is 0 Å².